The van der Waals surface area contributed by atoms with Gasteiger partial charge in [-0.25, -0.2) is 8.78 Å². The van der Waals surface area contributed by atoms with Crippen molar-refractivity contribution in [2.45, 2.75) is 25.3 Å². The molecule has 21 heavy (non-hydrogen) atoms. The van der Waals surface area contributed by atoms with E-state index in [1.54, 1.807) is 12.1 Å². The molecule has 2 N–H and O–H groups in total. The summed E-state index contributed by atoms with van der Waals surface area (Å²) in [7, 11) is 0. The number of benzene rings is 2. The van der Waals surface area contributed by atoms with Crippen molar-refractivity contribution in [3.05, 3.63) is 57.6 Å². The number of halogens is 3. The van der Waals surface area contributed by atoms with Crippen LogP contribution in [0.15, 0.2) is 34.8 Å². The lowest BCUT2D eigenvalue weighted by Gasteiger charge is -2.27. The van der Waals surface area contributed by atoms with E-state index in [4.69, 9.17) is 0 Å². The number of hydrogen-bond donors (Lipinski definition) is 2. The molecule has 0 bridgehead atoms. The van der Waals surface area contributed by atoms with Gasteiger partial charge in [-0.05, 0) is 64.5 Å². The fourth-order valence-corrected chi connectivity index (χ4v) is 3.09. The molecule has 3 rings (SSSR count). The van der Waals surface area contributed by atoms with Crippen LogP contribution in [0.3, 0.4) is 0 Å². The van der Waals surface area contributed by atoms with Gasteiger partial charge in [0.05, 0.1) is 16.2 Å². The molecule has 0 aliphatic heterocycles. The summed E-state index contributed by atoms with van der Waals surface area (Å²) >= 11 is 2.97. The Morgan fingerprint density at radius 1 is 1.14 bits per heavy atom. The van der Waals surface area contributed by atoms with E-state index in [1.165, 1.54) is 0 Å². The first-order valence-corrected chi connectivity index (χ1v) is 7.57. The van der Waals surface area contributed by atoms with Crippen molar-refractivity contribution in [1.29, 1.82) is 0 Å². The monoisotopic (exact) mass is 353 g/mol. The number of fused-ring (bicyclic) bond motifs is 1. The van der Waals surface area contributed by atoms with E-state index in [-0.39, 0.29) is 22.0 Å². The molecule has 0 saturated heterocycles. The SMILES string of the molecule is Oc1ccc2c(c1)CCCC2Nc1cc(F)c(Br)cc1F. The van der Waals surface area contributed by atoms with Gasteiger partial charge in [-0.15, -0.1) is 0 Å². The van der Waals surface area contributed by atoms with Gasteiger partial charge in [0.1, 0.15) is 17.4 Å². The van der Waals surface area contributed by atoms with E-state index in [1.807, 2.05) is 6.07 Å². The van der Waals surface area contributed by atoms with Crippen LogP contribution in [0, 0.1) is 11.6 Å². The van der Waals surface area contributed by atoms with Gasteiger partial charge >= 0.3 is 0 Å². The van der Waals surface area contributed by atoms with E-state index in [0.717, 1.165) is 42.5 Å². The van der Waals surface area contributed by atoms with Crippen molar-refractivity contribution < 1.29 is 13.9 Å². The molecule has 1 atom stereocenters. The van der Waals surface area contributed by atoms with Gasteiger partial charge in [0.25, 0.3) is 0 Å². The summed E-state index contributed by atoms with van der Waals surface area (Å²) in [6.45, 7) is 0. The summed E-state index contributed by atoms with van der Waals surface area (Å²) in [5, 5.41) is 12.6. The molecule has 2 aromatic rings. The molecule has 2 nitrogen and oxygen atoms in total. The van der Waals surface area contributed by atoms with Crippen molar-refractivity contribution in [3.63, 3.8) is 0 Å². The van der Waals surface area contributed by atoms with Crippen molar-refractivity contribution in [3.8, 4) is 5.75 Å². The molecule has 1 unspecified atom stereocenters. The molecule has 0 spiro atoms. The van der Waals surface area contributed by atoms with Gasteiger partial charge < -0.3 is 10.4 Å². The first-order chi connectivity index (χ1) is 10.0. The molecule has 0 heterocycles. The fraction of sp³-hybridized carbons (Fsp3) is 0.250. The minimum absolute atomic E-state index is 0.0792. The van der Waals surface area contributed by atoms with E-state index >= 15 is 0 Å². The van der Waals surface area contributed by atoms with Crippen LogP contribution >= 0.6 is 15.9 Å². The van der Waals surface area contributed by atoms with E-state index in [0.29, 0.717) is 0 Å². The lowest BCUT2D eigenvalue weighted by atomic mass is 9.87. The van der Waals surface area contributed by atoms with Gasteiger partial charge in [0.15, 0.2) is 0 Å². The molecule has 0 fully saturated rings. The smallest absolute Gasteiger partial charge is 0.147 e. The van der Waals surface area contributed by atoms with Crippen LogP contribution in [-0.2, 0) is 6.42 Å². The average Bonchev–Trinajstić information content (AvgIpc) is 2.44. The molecule has 0 saturated carbocycles. The number of phenols is 1. The Morgan fingerprint density at radius 3 is 2.76 bits per heavy atom. The highest BCUT2D eigenvalue weighted by molar-refractivity contribution is 9.10. The standard InChI is InChI=1S/C16H14BrF2NO/c17-12-7-14(19)16(8-13(12)18)20-15-3-1-2-9-6-10(21)4-5-11(9)15/h4-8,15,20-21H,1-3H2. The normalized spacial score (nSPS) is 17.4. The second-order valence-electron chi connectivity index (χ2n) is 5.22. The summed E-state index contributed by atoms with van der Waals surface area (Å²) in [6, 6.07) is 7.41. The van der Waals surface area contributed by atoms with Crippen LogP contribution in [0.2, 0.25) is 0 Å². The molecular weight excluding hydrogens is 340 g/mol. The highest BCUT2D eigenvalue weighted by atomic mass is 79.9. The Balaban J connectivity index is 1.92. The van der Waals surface area contributed by atoms with Gasteiger partial charge in [0, 0.05) is 6.07 Å². The molecular formula is C16H14BrF2NO. The fourth-order valence-electron chi connectivity index (χ4n) is 2.77. The second kappa shape index (κ2) is 5.64. The van der Waals surface area contributed by atoms with Crippen molar-refractivity contribution in [2.75, 3.05) is 5.32 Å². The van der Waals surface area contributed by atoms with Crippen LogP contribution < -0.4 is 5.32 Å². The predicted octanol–water partition coefficient (Wildman–Crippen LogP) is 4.92. The van der Waals surface area contributed by atoms with Crippen molar-refractivity contribution >= 4 is 21.6 Å². The summed E-state index contributed by atoms with van der Waals surface area (Å²) in [4.78, 5) is 0. The zero-order valence-electron chi connectivity index (χ0n) is 11.2. The van der Waals surface area contributed by atoms with Gasteiger partial charge in [-0.2, -0.15) is 0 Å². The minimum Gasteiger partial charge on any atom is -0.508 e. The zero-order valence-corrected chi connectivity index (χ0v) is 12.8. The maximum Gasteiger partial charge on any atom is 0.147 e. The lowest BCUT2D eigenvalue weighted by molar-refractivity contribution is 0.472. The van der Waals surface area contributed by atoms with Gasteiger partial charge in [-0.1, -0.05) is 6.07 Å². The third-order valence-corrected chi connectivity index (χ3v) is 4.39. The molecule has 1 aliphatic rings. The zero-order chi connectivity index (χ0) is 15.0. The second-order valence-corrected chi connectivity index (χ2v) is 6.07. The predicted molar refractivity (Wildman–Crippen MR) is 81.5 cm³/mol. The lowest BCUT2D eigenvalue weighted by Crippen LogP contribution is -2.18. The van der Waals surface area contributed by atoms with Crippen molar-refractivity contribution in [2.24, 2.45) is 0 Å². The highest BCUT2D eigenvalue weighted by Crippen LogP contribution is 2.35. The molecule has 0 aromatic heterocycles. The quantitative estimate of drug-likeness (QED) is 0.750. The molecule has 1 aliphatic carbocycles. The molecule has 0 amide bonds. The van der Waals surface area contributed by atoms with Gasteiger partial charge in [-0.3, -0.25) is 0 Å². The number of aromatic hydroxyl groups is 1. The van der Waals surface area contributed by atoms with Crippen LogP contribution in [0.4, 0.5) is 14.5 Å². The average molecular weight is 354 g/mol. The highest BCUT2D eigenvalue weighted by Gasteiger charge is 2.21. The maximum atomic E-state index is 13.9. The van der Waals surface area contributed by atoms with Crippen molar-refractivity contribution in [1.82, 2.24) is 0 Å². The molecule has 5 heteroatoms. The number of phenolic OH excluding ortho intramolecular Hbond substituents is 1. The Morgan fingerprint density at radius 2 is 1.95 bits per heavy atom. The van der Waals surface area contributed by atoms with Crippen LogP contribution in [0.5, 0.6) is 5.75 Å². The number of nitrogens with one attached hydrogen (secondary N) is 1. The first kappa shape index (κ1) is 14.3. The molecule has 2 aromatic carbocycles. The third kappa shape index (κ3) is 2.88. The van der Waals surface area contributed by atoms with Crippen LogP contribution in [0.1, 0.15) is 30.0 Å². The van der Waals surface area contributed by atoms with Gasteiger partial charge in [0.2, 0.25) is 0 Å². The summed E-state index contributed by atoms with van der Waals surface area (Å²) in [5.41, 5.74) is 2.24. The molecule has 110 valence electrons. The summed E-state index contributed by atoms with van der Waals surface area (Å²) in [5.74, 6) is -0.759. The Bertz CT molecular complexity index is 690. The van der Waals surface area contributed by atoms with Crippen LogP contribution in [-0.4, -0.2) is 5.11 Å². The number of hydrogen-bond acceptors (Lipinski definition) is 2. The van der Waals surface area contributed by atoms with E-state index in [9.17, 15) is 13.9 Å². The number of anilines is 1. The topological polar surface area (TPSA) is 32.3 Å². The first-order valence-electron chi connectivity index (χ1n) is 6.77. The maximum absolute atomic E-state index is 13.9. The Kier molecular flexibility index (Phi) is 3.85. The number of aryl methyl sites for hydroxylation is 1. The van der Waals surface area contributed by atoms with E-state index in [2.05, 4.69) is 21.2 Å². The minimum atomic E-state index is -0.499. The number of rotatable bonds is 2. The van der Waals surface area contributed by atoms with E-state index < -0.39 is 11.6 Å². The largest absolute Gasteiger partial charge is 0.508 e. The summed E-state index contributed by atoms with van der Waals surface area (Å²) < 4.78 is 27.6. The Labute approximate surface area is 129 Å². The third-order valence-electron chi connectivity index (χ3n) is 3.78. The summed E-state index contributed by atoms with van der Waals surface area (Å²) in [6.07, 6.45) is 2.67. The molecule has 0 radical (unpaired) electrons. The Hall–Kier alpha value is -1.62. The van der Waals surface area contributed by atoms with Crippen LogP contribution in [0.25, 0.3) is 0 Å².